The van der Waals surface area contributed by atoms with Gasteiger partial charge in [0, 0.05) is 11.0 Å². The highest BCUT2D eigenvalue weighted by Crippen LogP contribution is 2.33. The van der Waals surface area contributed by atoms with Crippen molar-refractivity contribution in [3.8, 4) is 0 Å². The second-order valence-corrected chi connectivity index (χ2v) is 6.52. The number of halogens is 4. The molecule has 0 aliphatic rings. The van der Waals surface area contributed by atoms with Crippen molar-refractivity contribution < 1.29 is 32.3 Å². The van der Waals surface area contributed by atoms with Crippen LogP contribution in [0.4, 0.5) is 18.0 Å². The third kappa shape index (κ3) is 7.11. The van der Waals surface area contributed by atoms with Crippen LogP contribution in [-0.2, 0) is 22.3 Å². The lowest BCUT2D eigenvalue weighted by molar-refractivity contribution is -0.138. The van der Waals surface area contributed by atoms with Crippen molar-refractivity contribution >= 4 is 33.8 Å². The molecule has 0 saturated heterocycles. The van der Waals surface area contributed by atoms with E-state index in [4.69, 9.17) is 0 Å². The number of carbonyl (C=O) groups is 3. The van der Waals surface area contributed by atoms with Crippen LogP contribution in [0.1, 0.15) is 21.5 Å². The van der Waals surface area contributed by atoms with E-state index in [9.17, 15) is 27.6 Å². The molecule has 0 aliphatic heterocycles. The van der Waals surface area contributed by atoms with Crippen molar-refractivity contribution in [1.82, 2.24) is 16.2 Å². The van der Waals surface area contributed by atoms with Crippen LogP contribution >= 0.6 is 15.9 Å². The van der Waals surface area contributed by atoms with E-state index in [-0.39, 0.29) is 11.0 Å². The lowest BCUT2D eigenvalue weighted by Gasteiger charge is -2.14. The molecule has 29 heavy (non-hydrogen) atoms. The maximum absolute atomic E-state index is 13.0. The minimum atomic E-state index is -4.76. The van der Waals surface area contributed by atoms with Crippen molar-refractivity contribution in [3.63, 3.8) is 0 Å². The number of nitrogens with one attached hydrogen (secondary N) is 3. The molecule has 3 amide bonds. The summed E-state index contributed by atoms with van der Waals surface area (Å²) in [5.74, 6) is -2.11. The zero-order chi connectivity index (χ0) is 21.4. The number of benzene rings is 2. The summed E-state index contributed by atoms with van der Waals surface area (Å²) in [6.45, 7) is -0.560. The van der Waals surface area contributed by atoms with Crippen molar-refractivity contribution in [3.05, 3.63) is 69.7 Å². The fourth-order valence-electron chi connectivity index (χ4n) is 2.13. The smallest absolute Gasteiger partial charge is 0.417 e. The van der Waals surface area contributed by atoms with Gasteiger partial charge in [-0.05, 0) is 23.8 Å². The lowest BCUT2D eigenvalue weighted by atomic mass is 10.1. The molecule has 7 nitrogen and oxygen atoms in total. The van der Waals surface area contributed by atoms with Crippen molar-refractivity contribution in [2.45, 2.75) is 12.7 Å². The fourth-order valence-corrected chi connectivity index (χ4v) is 2.49. The molecule has 0 spiro atoms. The van der Waals surface area contributed by atoms with Crippen LogP contribution in [0.3, 0.4) is 0 Å². The number of hydrogen-bond donors (Lipinski definition) is 3. The number of amides is 3. The third-order valence-electron chi connectivity index (χ3n) is 3.46. The van der Waals surface area contributed by atoms with Crippen molar-refractivity contribution in [2.24, 2.45) is 0 Å². The number of hydrogen-bond acceptors (Lipinski definition) is 4. The summed E-state index contributed by atoms with van der Waals surface area (Å²) in [7, 11) is 0. The highest BCUT2D eigenvalue weighted by molar-refractivity contribution is 9.10. The highest BCUT2D eigenvalue weighted by Gasteiger charge is 2.35. The Bertz CT molecular complexity index is 892. The van der Waals surface area contributed by atoms with E-state index in [2.05, 4.69) is 26.0 Å². The molecule has 2 aromatic rings. The number of carbonyl (C=O) groups excluding carboxylic acids is 3. The molecule has 0 heterocycles. The molecular formula is C18H15BrF3N3O4. The summed E-state index contributed by atoms with van der Waals surface area (Å²) in [5.41, 5.74) is 2.69. The van der Waals surface area contributed by atoms with Crippen LogP contribution in [0.25, 0.3) is 0 Å². The second-order valence-electron chi connectivity index (χ2n) is 5.61. The van der Waals surface area contributed by atoms with Crippen LogP contribution in [-0.4, -0.2) is 24.5 Å². The van der Waals surface area contributed by atoms with Gasteiger partial charge in [0.15, 0.2) is 6.61 Å². The van der Waals surface area contributed by atoms with Crippen LogP contribution < -0.4 is 16.2 Å². The molecule has 2 aromatic carbocycles. The number of hydrazine groups is 1. The van der Waals surface area contributed by atoms with Gasteiger partial charge < -0.3 is 10.1 Å². The summed E-state index contributed by atoms with van der Waals surface area (Å²) in [6, 6.07) is 11.9. The lowest BCUT2D eigenvalue weighted by Crippen LogP contribution is -2.44. The average Bonchev–Trinajstić information content (AvgIpc) is 2.69. The molecule has 0 aromatic heterocycles. The molecule has 2 rings (SSSR count). The van der Waals surface area contributed by atoms with Gasteiger partial charge in [-0.1, -0.05) is 46.3 Å². The van der Waals surface area contributed by atoms with Crippen molar-refractivity contribution in [1.29, 1.82) is 0 Å². The van der Waals surface area contributed by atoms with E-state index in [1.165, 1.54) is 6.07 Å². The molecule has 0 unspecified atom stereocenters. The minimum Gasteiger partial charge on any atom is -0.439 e. The minimum absolute atomic E-state index is 0.139. The van der Waals surface area contributed by atoms with Gasteiger partial charge in [0.2, 0.25) is 0 Å². The summed E-state index contributed by atoms with van der Waals surface area (Å²) in [5, 5.41) is 2.42. The molecule has 0 fully saturated rings. The van der Waals surface area contributed by atoms with Crippen LogP contribution in [0, 0.1) is 0 Å². The monoisotopic (exact) mass is 473 g/mol. The Morgan fingerprint density at radius 3 is 2.34 bits per heavy atom. The number of alkyl halides is 3. The molecule has 154 valence electrons. The van der Waals surface area contributed by atoms with Gasteiger partial charge in [-0.2, -0.15) is 13.2 Å². The molecule has 0 saturated carbocycles. The SMILES string of the molecule is O=C(COC(=O)NCc1ccccc1)NNC(=O)c1ccc(Br)cc1C(F)(F)F. The number of alkyl carbamates (subject to hydrolysis) is 1. The first-order chi connectivity index (χ1) is 13.7. The largest absolute Gasteiger partial charge is 0.439 e. The quantitative estimate of drug-likeness (QED) is 0.581. The molecule has 11 heteroatoms. The molecule has 0 bridgehead atoms. The fraction of sp³-hybridized carbons (Fsp3) is 0.167. The first-order valence-electron chi connectivity index (χ1n) is 8.07. The van der Waals surface area contributed by atoms with Gasteiger partial charge >= 0.3 is 12.3 Å². The molecule has 0 aliphatic carbocycles. The van der Waals surface area contributed by atoms with Crippen molar-refractivity contribution in [2.75, 3.05) is 6.61 Å². The maximum atomic E-state index is 13.0. The molecule has 3 N–H and O–H groups in total. The van der Waals surface area contributed by atoms with Gasteiger partial charge in [0.05, 0.1) is 11.1 Å². The number of rotatable bonds is 5. The van der Waals surface area contributed by atoms with E-state index < -0.39 is 41.8 Å². The summed E-state index contributed by atoms with van der Waals surface area (Å²) in [6.07, 6.45) is -5.64. The normalized spacial score (nSPS) is 10.8. The van der Waals surface area contributed by atoms with E-state index in [0.717, 1.165) is 17.7 Å². The Kier molecular flexibility index (Phi) is 7.59. The van der Waals surface area contributed by atoms with Crippen LogP contribution in [0.5, 0.6) is 0 Å². The van der Waals surface area contributed by atoms with Gasteiger partial charge in [0.1, 0.15) is 0 Å². The predicted molar refractivity (Wildman–Crippen MR) is 99.4 cm³/mol. The third-order valence-corrected chi connectivity index (χ3v) is 3.95. The Labute approximate surface area is 171 Å². The van der Waals surface area contributed by atoms with E-state index in [1.54, 1.807) is 24.3 Å². The van der Waals surface area contributed by atoms with E-state index >= 15 is 0 Å². The molecule has 0 atom stereocenters. The Morgan fingerprint density at radius 1 is 1.00 bits per heavy atom. The van der Waals surface area contributed by atoms with Gasteiger partial charge in [-0.25, -0.2) is 4.79 Å². The van der Waals surface area contributed by atoms with Crippen LogP contribution in [0.2, 0.25) is 0 Å². The highest BCUT2D eigenvalue weighted by atomic mass is 79.9. The van der Waals surface area contributed by atoms with Crippen LogP contribution in [0.15, 0.2) is 53.0 Å². The molecular weight excluding hydrogens is 459 g/mol. The zero-order valence-electron chi connectivity index (χ0n) is 14.7. The number of ether oxygens (including phenoxy) is 1. The topological polar surface area (TPSA) is 96.5 Å². The summed E-state index contributed by atoms with van der Waals surface area (Å²) in [4.78, 5) is 35.1. The standard InChI is InChI=1S/C18H15BrF3N3O4/c19-12-6-7-13(14(8-12)18(20,21)22)16(27)25-24-15(26)10-29-17(28)23-9-11-4-2-1-3-5-11/h1-8H,9-10H2,(H,23,28)(H,24,26)(H,25,27). The summed E-state index contributed by atoms with van der Waals surface area (Å²) >= 11 is 2.91. The Balaban J connectivity index is 1.80. The molecule has 0 radical (unpaired) electrons. The Morgan fingerprint density at radius 2 is 1.69 bits per heavy atom. The maximum Gasteiger partial charge on any atom is 0.417 e. The summed E-state index contributed by atoms with van der Waals surface area (Å²) < 4.78 is 43.9. The second kappa shape index (κ2) is 9.92. The predicted octanol–water partition coefficient (Wildman–Crippen LogP) is 3.16. The van der Waals surface area contributed by atoms with Gasteiger partial charge in [-0.3, -0.25) is 20.4 Å². The first-order valence-corrected chi connectivity index (χ1v) is 8.86. The Hall–Kier alpha value is -3.08. The first kappa shape index (κ1) is 22.2. The zero-order valence-corrected chi connectivity index (χ0v) is 16.3. The van der Waals surface area contributed by atoms with E-state index in [0.29, 0.717) is 0 Å². The average molecular weight is 474 g/mol. The van der Waals surface area contributed by atoms with Gasteiger partial charge in [-0.15, -0.1) is 0 Å². The van der Waals surface area contributed by atoms with Gasteiger partial charge in [0.25, 0.3) is 11.8 Å². The van der Waals surface area contributed by atoms with E-state index in [1.807, 2.05) is 16.9 Å².